The monoisotopic (exact) mass is 509 g/mol. The molecule has 4 rings (SSSR count). The van der Waals surface area contributed by atoms with Crippen LogP contribution >= 0.6 is 0 Å². The molecule has 0 aromatic heterocycles. The lowest BCUT2D eigenvalue weighted by Crippen LogP contribution is -2.45. The van der Waals surface area contributed by atoms with Crippen LogP contribution in [0.15, 0.2) is 47.6 Å². The number of carboxylic acid groups (broad SMARTS) is 1. The number of hydrogen-bond donors (Lipinski definition) is 4. The summed E-state index contributed by atoms with van der Waals surface area (Å²) >= 11 is 0. The van der Waals surface area contributed by atoms with Crippen LogP contribution in [-0.4, -0.2) is 78.2 Å². The molecule has 1 fully saturated rings. The van der Waals surface area contributed by atoms with E-state index in [9.17, 15) is 14.4 Å². The van der Waals surface area contributed by atoms with Crippen molar-refractivity contribution < 1.29 is 29.4 Å². The molecule has 0 radical (unpaired) electrons. The normalized spacial score (nSPS) is 16.1. The molecule has 5 N–H and O–H groups in total. The molecule has 2 aliphatic rings. The van der Waals surface area contributed by atoms with Gasteiger partial charge in [0.15, 0.2) is 5.84 Å². The fraction of sp³-hybridized carbons (Fsp3) is 0.385. The van der Waals surface area contributed by atoms with Crippen LogP contribution < -0.4 is 20.7 Å². The second-order valence-corrected chi connectivity index (χ2v) is 9.13. The molecule has 11 heteroatoms. The molecule has 2 aromatic carbocycles. The molecule has 1 saturated heterocycles. The number of anilines is 1. The maximum Gasteiger partial charge on any atom is 0.306 e. The van der Waals surface area contributed by atoms with E-state index in [1.807, 2.05) is 24.3 Å². The number of amidine groups is 1. The summed E-state index contributed by atoms with van der Waals surface area (Å²) in [6.07, 6.45) is 1.55. The number of nitrogens with one attached hydrogen (secondary N) is 1. The molecule has 196 valence electrons. The summed E-state index contributed by atoms with van der Waals surface area (Å²) < 4.78 is 5.75. The van der Waals surface area contributed by atoms with Gasteiger partial charge in [0, 0.05) is 30.8 Å². The van der Waals surface area contributed by atoms with Crippen molar-refractivity contribution in [3.8, 4) is 5.75 Å². The molecule has 2 aromatic rings. The highest BCUT2D eigenvalue weighted by Crippen LogP contribution is 2.32. The van der Waals surface area contributed by atoms with E-state index in [1.165, 1.54) is 0 Å². The average Bonchev–Trinajstić information content (AvgIpc) is 2.93. The number of amides is 2. The Kier molecular flexibility index (Phi) is 8.11. The highest BCUT2D eigenvalue weighted by atomic mass is 16.5. The molecular weight excluding hydrogens is 478 g/mol. The lowest BCUT2D eigenvalue weighted by molar-refractivity contribution is -0.145. The number of carboxylic acids is 1. The van der Waals surface area contributed by atoms with E-state index in [0.717, 1.165) is 11.3 Å². The molecule has 37 heavy (non-hydrogen) atoms. The summed E-state index contributed by atoms with van der Waals surface area (Å²) in [5, 5.41) is 23.7. The Labute approximate surface area is 214 Å². The number of rotatable bonds is 8. The molecule has 2 aliphatic heterocycles. The number of fused-ring (bicyclic) bond motifs is 1. The maximum atomic E-state index is 12.7. The van der Waals surface area contributed by atoms with Gasteiger partial charge in [-0.25, -0.2) is 0 Å². The third-order valence-corrected chi connectivity index (χ3v) is 6.78. The highest BCUT2D eigenvalue weighted by Gasteiger charge is 2.27. The van der Waals surface area contributed by atoms with Gasteiger partial charge < -0.3 is 35.9 Å². The first-order valence-corrected chi connectivity index (χ1v) is 12.2. The van der Waals surface area contributed by atoms with Crippen molar-refractivity contribution >= 4 is 29.3 Å². The van der Waals surface area contributed by atoms with E-state index in [1.54, 1.807) is 23.1 Å². The second kappa shape index (κ2) is 11.6. The van der Waals surface area contributed by atoms with Crippen LogP contribution in [0.5, 0.6) is 5.75 Å². The van der Waals surface area contributed by atoms with E-state index in [0.29, 0.717) is 68.9 Å². The number of hydrogen-bond acceptors (Lipinski definition) is 7. The summed E-state index contributed by atoms with van der Waals surface area (Å²) in [4.78, 5) is 40.0. The van der Waals surface area contributed by atoms with Crippen molar-refractivity contribution in [1.82, 2.24) is 10.2 Å². The average molecular weight is 510 g/mol. The van der Waals surface area contributed by atoms with Crippen LogP contribution in [0.2, 0.25) is 0 Å². The van der Waals surface area contributed by atoms with Crippen LogP contribution in [0.1, 0.15) is 34.3 Å². The third kappa shape index (κ3) is 6.29. The van der Waals surface area contributed by atoms with Gasteiger partial charge in [0.05, 0.1) is 24.7 Å². The summed E-state index contributed by atoms with van der Waals surface area (Å²) in [5.74, 6) is -1.10. The van der Waals surface area contributed by atoms with Gasteiger partial charge in [-0.15, -0.1) is 0 Å². The summed E-state index contributed by atoms with van der Waals surface area (Å²) in [7, 11) is 0. The number of oxime groups is 1. The minimum Gasteiger partial charge on any atom is -0.490 e. The minimum absolute atomic E-state index is 0.0167. The fourth-order valence-corrected chi connectivity index (χ4v) is 4.60. The van der Waals surface area contributed by atoms with Gasteiger partial charge >= 0.3 is 5.97 Å². The summed E-state index contributed by atoms with van der Waals surface area (Å²) in [6.45, 7) is 2.57. The van der Waals surface area contributed by atoms with Crippen molar-refractivity contribution in [2.75, 3.05) is 44.2 Å². The Balaban J connectivity index is 1.30. The lowest BCUT2D eigenvalue weighted by Gasteiger charge is -2.31. The first-order valence-electron chi connectivity index (χ1n) is 12.2. The van der Waals surface area contributed by atoms with Gasteiger partial charge in [-0.05, 0) is 55.2 Å². The molecule has 2 heterocycles. The van der Waals surface area contributed by atoms with Crippen molar-refractivity contribution in [2.24, 2.45) is 16.8 Å². The smallest absolute Gasteiger partial charge is 0.306 e. The number of carbonyl (C=O) groups is 3. The number of nitrogens with zero attached hydrogens (tertiary/aromatic N) is 3. The number of ether oxygens (including phenoxy) is 1. The fourth-order valence-electron chi connectivity index (χ4n) is 4.60. The quantitative estimate of drug-likeness (QED) is 0.179. The molecule has 2 amide bonds. The van der Waals surface area contributed by atoms with Crippen molar-refractivity contribution in [3.05, 3.63) is 59.2 Å². The summed E-state index contributed by atoms with van der Waals surface area (Å²) in [6, 6.07) is 12.7. The molecule has 0 atom stereocenters. The Bertz CT molecular complexity index is 1190. The second-order valence-electron chi connectivity index (χ2n) is 9.13. The standard InChI is InChI=1S/C26H31N5O6/c27-24(29-36)19-4-5-21-22(15-19)37-13-12-30(21)9-6-17-2-1-3-20(14-17)25(33)28-16-23(32)31-10-7-18(8-11-31)26(34)35/h1-5,14-15,18,36H,6-13,16H2,(H2,27,29)(H,28,33)(H,34,35). The number of nitrogens with two attached hydrogens (primary N) is 1. The Morgan fingerprint density at radius 2 is 1.86 bits per heavy atom. The van der Waals surface area contributed by atoms with Crippen LogP contribution in [0, 0.1) is 5.92 Å². The SMILES string of the molecule is N/C(=N\O)c1ccc2c(c1)OCCN2CCc1cccc(C(=O)NCC(=O)N2CCC(C(=O)O)CC2)c1. The van der Waals surface area contributed by atoms with E-state index in [2.05, 4.69) is 15.4 Å². The van der Waals surface area contributed by atoms with Crippen LogP contribution in [-0.2, 0) is 16.0 Å². The molecule has 0 bridgehead atoms. The van der Waals surface area contributed by atoms with Crippen molar-refractivity contribution in [2.45, 2.75) is 19.3 Å². The molecule has 0 spiro atoms. The molecule has 0 saturated carbocycles. The zero-order chi connectivity index (χ0) is 26.4. The van der Waals surface area contributed by atoms with E-state index in [-0.39, 0.29) is 24.2 Å². The van der Waals surface area contributed by atoms with Crippen molar-refractivity contribution in [3.63, 3.8) is 0 Å². The first-order chi connectivity index (χ1) is 17.9. The third-order valence-electron chi connectivity index (χ3n) is 6.78. The molecular formula is C26H31N5O6. The Hall–Kier alpha value is -4.28. The first kappa shape index (κ1) is 25.8. The van der Waals surface area contributed by atoms with Gasteiger partial charge in [0.2, 0.25) is 5.91 Å². The number of piperidine rings is 1. The van der Waals surface area contributed by atoms with Gasteiger partial charge in [0.25, 0.3) is 5.91 Å². The lowest BCUT2D eigenvalue weighted by atomic mass is 9.97. The van der Waals surface area contributed by atoms with E-state index in [4.69, 9.17) is 20.8 Å². The van der Waals surface area contributed by atoms with E-state index < -0.39 is 11.9 Å². The molecule has 0 unspecified atom stereocenters. The minimum atomic E-state index is -0.828. The predicted molar refractivity (Wildman–Crippen MR) is 136 cm³/mol. The Morgan fingerprint density at radius 3 is 2.59 bits per heavy atom. The number of aliphatic carboxylic acids is 1. The summed E-state index contributed by atoms with van der Waals surface area (Å²) in [5.41, 5.74) is 8.63. The van der Waals surface area contributed by atoms with Gasteiger partial charge in [0.1, 0.15) is 12.4 Å². The predicted octanol–water partition coefficient (Wildman–Crippen LogP) is 1.28. The van der Waals surface area contributed by atoms with Crippen LogP contribution in [0.4, 0.5) is 5.69 Å². The largest absolute Gasteiger partial charge is 0.490 e. The van der Waals surface area contributed by atoms with Gasteiger partial charge in [-0.1, -0.05) is 17.3 Å². The van der Waals surface area contributed by atoms with Gasteiger partial charge in [-0.3, -0.25) is 14.4 Å². The molecule has 0 aliphatic carbocycles. The highest BCUT2D eigenvalue weighted by molar-refractivity contribution is 5.98. The van der Waals surface area contributed by atoms with E-state index >= 15 is 0 Å². The molecule has 11 nitrogen and oxygen atoms in total. The topological polar surface area (TPSA) is 158 Å². The number of carbonyl (C=O) groups excluding carboxylic acids is 2. The van der Waals surface area contributed by atoms with Crippen molar-refractivity contribution in [1.29, 1.82) is 0 Å². The maximum absolute atomic E-state index is 12.7. The number of benzene rings is 2. The van der Waals surface area contributed by atoms with Gasteiger partial charge in [-0.2, -0.15) is 0 Å². The van der Waals surface area contributed by atoms with Crippen LogP contribution in [0.25, 0.3) is 0 Å². The number of likely N-dealkylation sites (tertiary alicyclic amines) is 1. The van der Waals surface area contributed by atoms with Crippen LogP contribution in [0.3, 0.4) is 0 Å². The zero-order valence-electron chi connectivity index (χ0n) is 20.4. The Morgan fingerprint density at radius 1 is 1.08 bits per heavy atom. The zero-order valence-corrected chi connectivity index (χ0v) is 20.4.